The first-order chi connectivity index (χ1) is 14.7. The molecule has 0 aromatic heterocycles. The summed E-state index contributed by atoms with van der Waals surface area (Å²) < 4.78 is 0. The number of carbonyl (C=O) groups is 6. The third kappa shape index (κ3) is 11.8. The normalized spacial score (nSPS) is 14.5. The molecule has 0 bridgehead atoms. The van der Waals surface area contributed by atoms with E-state index in [0.717, 1.165) is 0 Å². The Morgan fingerprint density at radius 2 is 1.19 bits per heavy atom. The Morgan fingerprint density at radius 3 is 1.66 bits per heavy atom. The molecule has 13 heteroatoms. The number of aliphatic carboxylic acids is 3. The Balaban J connectivity index is 5.38. The van der Waals surface area contributed by atoms with E-state index in [9.17, 15) is 28.8 Å². The minimum absolute atomic E-state index is 0.0698. The molecule has 0 aromatic carbocycles. The molecule has 0 fully saturated rings. The van der Waals surface area contributed by atoms with E-state index in [1.54, 1.807) is 13.8 Å². The largest absolute Gasteiger partial charge is 0.481 e. The van der Waals surface area contributed by atoms with Gasteiger partial charge in [-0.3, -0.25) is 28.8 Å². The fraction of sp³-hybridized carbons (Fsp3) is 0.684. The lowest BCUT2D eigenvalue weighted by molar-refractivity contribution is -0.142. The van der Waals surface area contributed by atoms with Crippen LogP contribution in [0, 0.1) is 5.92 Å². The van der Waals surface area contributed by atoms with E-state index in [2.05, 4.69) is 16.0 Å². The molecule has 0 aliphatic rings. The monoisotopic (exact) mass is 460 g/mol. The van der Waals surface area contributed by atoms with Gasteiger partial charge in [0.25, 0.3) is 0 Å². The fourth-order valence-electron chi connectivity index (χ4n) is 2.58. The summed E-state index contributed by atoms with van der Waals surface area (Å²) >= 11 is 0. The van der Waals surface area contributed by atoms with Gasteiger partial charge in [0.1, 0.15) is 18.1 Å². The molecule has 4 unspecified atom stereocenters. The van der Waals surface area contributed by atoms with Gasteiger partial charge in [0, 0.05) is 12.8 Å². The highest BCUT2D eigenvalue weighted by atomic mass is 16.4. The molecule has 0 rings (SSSR count). The van der Waals surface area contributed by atoms with Crippen molar-refractivity contribution < 1.29 is 44.1 Å². The molecule has 32 heavy (non-hydrogen) atoms. The minimum atomic E-state index is -1.35. The van der Waals surface area contributed by atoms with Gasteiger partial charge in [-0.05, 0) is 32.1 Å². The van der Waals surface area contributed by atoms with Crippen molar-refractivity contribution in [1.82, 2.24) is 16.0 Å². The van der Waals surface area contributed by atoms with Crippen LogP contribution in [-0.2, 0) is 28.8 Å². The molecular formula is C19H32N4O9. The molecule has 0 aliphatic heterocycles. The highest BCUT2D eigenvalue weighted by Crippen LogP contribution is 2.08. The Bertz CT molecular complexity index is 711. The van der Waals surface area contributed by atoms with Crippen LogP contribution in [0.4, 0.5) is 0 Å². The number of carboxylic acids is 3. The van der Waals surface area contributed by atoms with Crippen molar-refractivity contribution in [2.24, 2.45) is 11.7 Å². The standard InChI is InChI=1S/C19H32N4O9/c1-9(2)8-13(23-16(28)11(20)4-6-14(24)25)18(30)22-12(5-7-15(26)27)17(29)21-10(3)19(31)32/h9-13H,4-8,20H2,1-3H3,(H,21,29)(H,22,30)(H,23,28)(H,24,25)(H,26,27)(H,31,32). The number of hydrogen-bond acceptors (Lipinski definition) is 7. The molecule has 0 saturated carbocycles. The van der Waals surface area contributed by atoms with E-state index in [4.69, 9.17) is 21.1 Å². The summed E-state index contributed by atoms with van der Waals surface area (Å²) in [5, 5.41) is 33.5. The lowest BCUT2D eigenvalue weighted by atomic mass is 10.0. The molecule has 0 radical (unpaired) electrons. The van der Waals surface area contributed by atoms with E-state index in [1.165, 1.54) is 6.92 Å². The minimum Gasteiger partial charge on any atom is -0.481 e. The van der Waals surface area contributed by atoms with Crippen molar-refractivity contribution in [3.8, 4) is 0 Å². The molecule has 4 atom stereocenters. The second-order valence-electron chi connectivity index (χ2n) is 7.79. The highest BCUT2D eigenvalue weighted by Gasteiger charge is 2.30. The summed E-state index contributed by atoms with van der Waals surface area (Å²) in [4.78, 5) is 70.0. The Hall–Kier alpha value is -3.22. The van der Waals surface area contributed by atoms with E-state index >= 15 is 0 Å². The molecule has 0 aliphatic carbocycles. The van der Waals surface area contributed by atoms with Gasteiger partial charge < -0.3 is 37.0 Å². The summed E-state index contributed by atoms with van der Waals surface area (Å²) in [6.07, 6.45) is -1.11. The number of nitrogens with one attached hydrogen (secondary N) is 3. The van der Waals surface area contributed by atoms with Crippen molar-refractivity contribution >= 4 is 35.6 Å². The van der Waals surface area contributed by atoms with Crippen LogP contribution in [0.3, 0.4) is 0 Å². The second-order valence-corrected chi connectivity index (χ2v) is 7.79. The topological polar surface area (TPSA) is 225 Å². The first-order valence-corrected chi connectivity index (χ1v) is 10.1. The van der Waals surface area contributed by atoms with E-state index < -0.39 is 66.2 Å². The molecule has 0 saturated heterocycles. The number of carboxylic acid groups (broad SMARTS) is 3. The molecule has 13 nitrogen and oxygen atoms in total. The van der Waals surface area contributed by atoms with Crippen LogP contribution < -0.4 is 21.7 Å². The maximum Gasteiger partial charge on any atom is 0.325 e. The van der Waals surface area contributed by atoms with Crippen LogP contribution in [0.25, 0.3) is 0 Å². The maximum atomic E-state index is 12.8. The number of nitrogens with two attached hydrogens (primary N) is 1. The number of carbonyl (C=O) groups excluding carboxylic acids is 3. The first-order valence-electron chi connectivity index (χ1n) is 10.1. The SMILES string of the molecule is CC(C)CC(NC(=O)C(N)CCC(=O)O)C(=O)NC(CCC(=O)O)C(=O)NC(C)C(=O)O. The molecule has 0 heterocycles. The van der Waals surface area contributed by atoms with E-state index in [1.807, 2.05) is 0 Å². The van der Waals surface area contributed by atoms with Gasteiger partial charge in [-0.15, -0.1) is 0 Å². The van der Waals surface area contributed by atoms with Crippen LogP contribution in [0.15, 0.2) is 0 Å². The predicted octanol–water partition coefficient (Wildman–Crippen LogP) is -1.35. The zero-order valence-corrected chi connectivity index (χ0v) is 18.3. The summed E-state index contributed by atoms with van der Waals surface area (Å²) in [6, 6.07) is -4.93. The van der Waals surface area contributed by atoms with Gasteiger partial charge in [-0.1, -0.05) is 13.8 Å². The number of hydrogen-bond donors (Lipinski definition) is 7. The molecule has 0 spiro atoms. The Kier molecular flexibility index (Phi) is 12.6. The number of amides is 3. The Morgan fingerprint density at radius 1 is 0.719 bits per heavy atom. The lowest BCUT2D eigenvalue weighted by Gasteiger charge is -2.25. The van der Waals surface area contributed by atoms with E-state index in [-0.39, 0.29) is 31.6 Å². The summed E-state index contributed by atoms with van der Waals surface area (Å²) in [7, 11) is 0. The molecule has 3 amide bonds. The summed E-state index contributed by atoms with van der Waals surface area (Å²) in [5.41, 5.74) is 5.67. The predicted molar refractivity (Wildman–Crippen MR) is 110 cm³/mol. The fourth-order valence-corrected chi connectivity index (χ4v) is 2.58. The van der Waals surface area contributed by atoms with Crippen molar-refractivity contribution in [1.29, 1.82) is 0 Å². The van der Waals surface area contributed by atoms with Crippen LogP contribution in [0.2, 0.25) is 0 Å². The zero-order chi connectivity index (χ0) is 25.0. The maximum absolute atomic E-state index is 12.8. The van der Waals surface area contributed by atoms with Gasteiger partial charge in [0.15, 0.2) is 0 Å². The third-order valence-electron chi connectivity index (χ3n) is 4.36. The second kappa shape index (κ2) is 14.0. The van der Waals surface area contributed by atoms with E-state index in [0.29, 0.717) is 0 Å². The average molecular weight is 460 g/mol. The van der Waals surface area contributed by atoms with Gasteiger partial charge in [-0.25, -0.2) is 0 Å². The highest BCUT2D eigenvalue weighted by molar-refractivity contribution is 5.94. The quantitative estimate of drug-likeness (QED) is 0.152. The van der Waals surface area contributed by atoms with Gasteiger partial charge in [0.05, 0.1) is 6.04 Å². The zero-order valence-electron chi connectivity index (χ0n) is 18.3. The van der Waals surface area contributed by atoms with Gasteiger partial charge in [-0.2, -0.15) is 0 Å². The van der Waals surface area contributed by atoms with Crippen molar-refractivity contribution in [3.63, 3.8) is 0 Å². The van der Waals surface area contributed by atoms with Crippen LogP contribution >= 0.6 is 0 Å². The van der Waals surface area contributed by atoms with Crippen molar-refractivity contribution in [2.45, 2.75) is 77.0 Å². The van der Waals surface area contributed by atoms with Crippen LogP contribution in [0.1, 0.15) is 52.9 Å². The molecule has 0 aromatic rings. The lowest BCUT2D eigenvalue weighted by Crippen LogP contribution is -2.57. The van der Waals surface area contributed by atoms with Crippen molar-refractivity contribution in [3.05, 3.63) is 0 Å². The number of rotatable bonds is 15. The third-order valence-corrected chi connectivity index (χ3v) is 4.36. The van der Waals surface area contributed by atoms with Gasteiger partial charge in [0.2, 0.25) is 17.7 Å². The molecule has 182 valence electrons. The van der Waals surface area contributed by atoms with Crippen LogP contribution in [0.5, 0.6) is 0 Å². The Labute approximate surface area is 185 Å². The van der Waals surface area contributed by atoms with Gasteiger partial charge >= 0.3 is 17.9 Å². The molecular weight excluding hydrogens is 428 g/mol. The smallest absolute Gasteiger partial charge is 0.325 e. The molecule has 8 N–H and O–H groups in total. The average Bonchev–Trinajstić information content (AvgIpc) is 2.67. The van der Waals surface area contributed by atoms with Crippen molar-refractivity contribution in [2.75, 3.05) is 0 Å². The van der Waals surface area contributed by atoms with Crippen LogP contribution in [-0.4, -0.2) is 75.1 Å². The summed E-state index contributed by atoms with van der Waals surface area (Å²) in [5.74, 6) is -6.17. The first kappa shape index (κ1) is 28.8. The summed E-state index contributed by atoms with van der Waals surface area (Å²) in [6.45, 7) is 4.76.